The fourth-order valence-electron chi connectivity index (χ4n) is 4.05. The molecule has 0 aliphatic heterocycles. The Hall–Kier alpha value is -2.90. The van der Waals surface area contributed by atoms with E-state index in [1.54, 1.807) is 35.8 Å². The number of thiazole rings is 1. The number of nitrogens with one attached hydrogen (secondary N) is 1. The van der Waals surface area contributed by atoms with Gasteiger partial charge in [0, 0.05) is 16.5 Å². The van der Waals surface area contributed by atoms with Gasteiger partial charge >= 0.3 is 0 Å². The number of anilines is 1. The summed E-state index contributed by atoms with van der Waals surface area (Å²) in [6.45, 7) is 2.23. The van der Waals surface area contributed by atoms with E-state index in [0.717, 1.165) is 45.1 Å². The largest absolute Gasteiger partial charge is 0.497 e. The number of methoxy groups -OCH3 is 1. The Balaban J connectivity index is 1.42. The standard InChI is InChI=1S/C25H24N2O3S2/c1-15-10-11-18-21(12-15)32-25(23(18)24-26-19-8-3-4-9-20(19)31-24)27-22(28)14-30-17-7-5-6-16(13-17)29-2/h3-9,13,15H,10-12,14H2,1-2H3,(H,27,28). The van der Waals surface area contributed by atoms with Crippen LogP contribution in [0.15, 0.2) is 48.5 Å². The molecule has 1 aliphatic rings. The van der Waals surface area contributed by atoms with E-state index in [1.807, 2.05) is 36.4 Å². The van der Waals surface area contributed by atoms with Gasteiger partial charge in [-0.3, -0.25) is 4.79 Å². The molecule has 32 heavy (non-hydrogen) atoms. The van der Waals surface area contributed by atoms with Gasteiger partial charge in [-0.05, 0) is 55.0 Å². The number of carbonyl (C=O) groups is 1. The average molecular weight is 465 g/mol. The zero-order chi connectivity index (χ0) is 22.1. The SMILES string of the molecule is COc1cccc(OCC(=O)Nc2sc3c(c2-c2nc4ccccc4s2)CCC(C)C3)c1. The molecule has 1 amide bonds. The van der Waals surface area contributed by atoms with Gasteiger partial charge < -0.3 is 14.8 Å². The van der Waals surface area contributed by atoms with E-state index >= 15 is 0 Å². The van der Waals surface area contributed by atoms with Crippen molar-refractivity contribution in [3.63, 3.8) is 0 Å². The second kappa shape index (κ2) is 8.92. The maximum absolute atomic E-state index is 12.8. The van der Waals surface area contributed by atoms with Crippen molar-refractivity contribution >= 4 is 43.8 Å². The van der Waals surface area contributed by atoms with Crippen LogP contribution in [0.25, 0.3) is 20.8 Å². The van der Waals surface area contributed by atoms with Crippen LogP contribution in [0.3, 0.4) is 0 Å². The molecule has 7 heteroatoms. The lowest BCUT2D eigenvalue weighted by atomic mass is 9.88. The van der Waals surface area contributed by atoms with Gasteiger partial charge in [0.1, 0.15) is 21.5 Å². The number of fused-ring (bicyclic) bond motifs is 2. The normalized spacial score (nSPS) is 15.4. The van der Waals surface area contributed by atoms with Gasteiger partial charge in [-0.15, -0.1) is 22.7 Å². The molecule has 5 rings (SSSR count). The molecule has 164 valence electrons. The van der Waals surface area contributed by atoms with E-state index < -0.39 is 0 Å². The first-order valence-electron chi connectivity index (χ1n) is 10.7. The van der Waals surface area contributed by atoms with E-state index in [4.69, 9.17) is 14.5 Å². The number of ether oxygens (including phenoxy) is 2. The van der Waals surface area contributed by atoms with Crippen molar-refractivity contribution in [2.24, 2.45) is 5.92 Å². The Morgan fingerprint density at radius 1 is 1.16 bits per heavy atom. The Bertz CT molecular complexity index is 1240. The van der Waals surface area contributed by atoms with E-state index in [9.17, 15) is 4.79 Å². The van der Waals surface area contributed by atoms with Crippen LogP contribution in [0.4, 0.5) is 5.00 Å². The quantitative estimate of drug-likeness (QED) is 0.370. The van der Waals surface area contributed by atoms with Gasteiger partial charge in [0.25, 0.3) is 5.91 Å². The minimum Gasteiger partial charge on any atom is -0.497 e. The number of amides is 1. The predicted octanol–water partition coefficient (Wildman–Crippen LogP) is 6.18. The van der Waals surface area contributed by atoms with Crippen LogP contribution >= 0.6 is 22.7 Å². The summed E-state index contributed by atoms with van der Waals surface area (Å²) in [5.41, 5.74) is 3.43. The third kappa shape index (κ3) is 4.23. The van der Waals surface area contributed by atoms with Gasteiger partial charge in [-0.2, -0.15) is 0 Å². The summed E-state index contributed by atoms with van der Waals surface area (Å²) < 4.78 is 12.1. The predicted molar refractivity (Wildman–Crippen MR) is 131 cm³/mol. The summed E-state index contributed by atoms with van der Waals surface area (Å²) in [5.74, 6) is 1.78. The zero-order valence-corrected chi connectivity index (χ0v) is 19.6. The highest BCUT2D eigenvalue weighted by molar-refractivity contribution is 7.22. The first-order chi connectivity index (χ1) is 15.6. The van der Waals surface area contributed by atoms with Crippen LogP contribution in [-0.2, 0) is 17.6 Å². The molecule has 1 N–H and O–H groups in total. The number of hydrogen-bond acceptors (Lipinski definition) is 6. The molecular formula is C25H24N2O3S2. The maximum Gasteiger partial charge on any atom is 0.262 e. The van der Waals surface area contributed by atoms with E-state index in [0.29, 0.717) is 17.4 Å². The minimum absolute atomic E-state index is 0.0641. The summed E-state index contributed by atoms with van der Waals surface area (Å²) in [5, 5.41) is 4.97. The number of hydrogen-bond donors (Lipinski definition) is 1. The van der Waals surface area contributed by atoms with Gasteiger partial charge in [-0.25, -0.2) is 4.98 Å². The maximum atomic E-state index is 12.8. The van der Waals surface area contributed by atoms with Gasteiger partial charge in [-0.1, -0.05) is 25.1 Å². The van der Waals surface area contributed by atoms with Gasteiger partial charge in [0.15, 0.2) is 6.61 Å². The summed E-state index contributed by atoms with van der Waals surface area (Å²) in [6, 6.07) is 15.4. The number of thiophene rings is 1. The lowest BCUT2D eigenvalue weighted by molar-refractivity contribution is -0.118. The lowest BCUT2D eigenvalue weighted by Crippen LogP contribution is -2.20. The molecule has 5 nitrogen and oxygen atoms in total. The second-order valence-electron chi connectivity index (χ2n) is 8.06. The molecule has 1 aliphatic carbocycles. The summed E-state index contributed by atoms with van der Waals surface area (Å²) in [7, 11) is 1.61. The third-order valence-electron chi connectivity index (χ3n) is 5.68. The molecular weight excluding hydrogens is 440 g/mol. The second-order valence-corrected chi connectivity index (χ2v) is 10.2. The van der Waals surface area contributed by atoms with Gasteiger partial charge in [0.2, 0.25) is 0 Å². The molecule has 4 aromatic rings. The molecule has 0 fully saturated rings. The monoisotopic (exact) mass is 464 g/mol. The van der Waals surface area contributed by atoms with Crippen molar-refractivity contribution in [3.8, 4) is 22.1 Å². The van der Waals surface area contributed by atoms with Crippen LogP contribution in [0.1, 0.15) is 23.8 Å². The molecule has 0 saturated carbocycles. The number of rotatable bonds is 6. The Morgan fingerprint density at radius 2 is 2.00 bits per heavy atom. The van der Waals surface area contributed by atoms with Crippen molar-refractivity contribution in [2.75, 3.05) is 19.0 Å². The van der Waals surface area contributed by atoms with Crippen LogP contribution in [0.2, 0.25) is 0 Å². The third-order valence-corrected chi connectivity index (χ3v) is 7.91. The van der Waals surface area contributed by atoms with Crippen molar-refractivity contribution in [2.45, 2.75) is 26.2 Å². The topological polar surface area (TPSA) is 60.5 Å². The number of para-hydroxylation sites is 1. The smallest absolute Gasteiger partial charge is 0.262 e. The average Bonchev–Trinajstić information content (AvgIpc) is 3.37. The zero-order valence-electron chi connectivity index (χ0n) is 18.0. The Labute approximate surface area is 195 Å². The summed E-state index contributed by atoms with van der Waals surface area (Å²) in [4.78, 5) is 19.1. The van der Waals surface area contributed by atoms with Crippen LogP contribution in [-0.4, -0.2) is 24.6 Å². The van der Waals surface area contributed by atoms with E-state index in [2.05, 4.69) is 18.3 Å². The Kier molecular flexibility index (Phi) is 5.85. The number of carbonyl (C=O) groups excluding carboxylic acids is 1. The van der Waals surface area contributed by atoms with E-state index in [1.165, 1.54) is 10.4 Å². The summed E-state index contributed by atoms with van der Waals surface area (Å²) >= 11 is 3.37. The highest BCUT2D eigenvalue weighted by atomic mass is 32.1. The number of benzene rings is 2. The first-order valence-corrected chi connectivity index (χ1v) is 12.3. The fourth-order valence-corrected chi connectivity index (χ4v) is 6.58. The van der Waals surface area contributed by atoms with E-state index in [-0.39, 0.29) is 12.5 Å². The molecule has 0 bridgehead atoms. The highest BCUT2D eigenvalue weighted by Crippen LogP contribution is 2.47. The van der Waals surface area contributed by atoms with Gasteiger partial charge in [0.05, 0.1) is 17.3 Å². The molecule has 2 heterocycles. The number of aromatic nitrogens is 1. The molecule has 1 unspecified atom stereocenters. The molecule has 1 atom stereocenters. The lowest BCUT2D eigenvalue weighted by Gasteiger charge is -2.18. The van der Waals surface area contributed by atoms with Crippen molar-refractivity contribution in [1.82, 2.24) is 4.98 Å². The molecule has 0 saturated heterocycles. The van der Waals surface area contributed by atoms with Crippen molar-refractivity contribution in [3.05, 3.63) is 59.0 Å². The number of nitrogens with zero attached hydrogens (tertiary/aromatic N) is 1. The molecule has 0 spiro atoms. The van der Waals surface area contributed by atoms with Crippen LogP contribution in [0.5, 0.6) is 11.5 Å². The first kappa shape index (κ1) is 21.0. The van der Waals surface area contributed by atoms with Crippen LogP contribution < -0.4 is 14.8 Å². The van der Waals surface area contributed by atoms with Crippen molar-refractivity contribution in [1.29, 1.82) is 0 Å². The molecule has 2 aromatic carbocycles. The highest BCUT2D eigenvalue weighted by Gasteiger charge is 2.27. The minimum atomic E-state index is -0.179. The Morgan fingerprint density at radius 3 is 2.84 bits per heavy atom. The molecule has 2 aromatic heterocycles. The molecule has 0 radical (unpaired) electrons. The van der Waals surface area contributed by atoms with Crippen molar-refractivity contribution < 1.29 is 14.3 Å². The van der Waals surface area contributed by atoms with Crippen LogP contribution in [0, 0.1) is 5.92 Å². The fraction of sp³-hybridized carbons (Fsp3) is 0.280. The summed E-state index contributed by atoms with van der Waals surface area (Å²) in [6.07, 6.45) is 3.23.